The average molecular weight is 178 g/mol. The van der Waals surface area contributed by atoms with Gasteiger partial charge in [0, 0.05) is 0 Å². The third kappa shape index (κ3) is 2.24. The van der Waals surface area contributed by atoms with Crippen molar-refractivity contribution >= 4 is 0 Å². The second-order valence-corrected chi connectivity index (χ2v) is 3.68. The van der Waals surface area contributed by atoms with E-state index >= 15 is 0 Å². The van der Waals surface area contributed by atoms with E-state index in [1.54, 1.807) is 6.07 Å². The second kappa shape index (κ2) is 4.31. The van der Waals surface area contributed by atoms with Crippen molar-refractivity contribution in [2.45, 2.75) is 39.5 Å². The molecule has 0 heterocycles. The molecule has 0 spiro atoms. The van der Waals surface area contributed by atoms with Gasteiger partial charge in [-0.3, -0.25) is 0 Å². The highest BCUT2D eigenvalue weighted by Gasteiger charge is 2.09. The number of hydrogen-bond donors (Lipinski definition) is 1. The quantitative estimate of drug-likeness (QED) is 0.749. The van der Waals surface area contributed by atoms with E-state index in [4.69, 9.17) is 0 Å². The van der Waals surface area contributed by atoms with E-state index in [-0.39, 0.29) is 0 Å². The molecule has 1 N–H and O–H groups in total. The van der Waals surface area contributed by atoms with Crippen LogP contribution in [0.25, 0.3) is 0 Å². The molecule has 0 radical (unpaired) electrons. The fourth-order valence-corrected chi connectivity index (χ4v) is 1.76. The third-order valence-electron chi connectivity index (χ3n) is 2.60. The molecule has 0 fully saturated rings. The first kappa shape index (κ1) is 10.1. The molecular formula is C12H18O. The van der Waals surface area contributed by atoms with Crippen LogP contribution in [0.5, 0.6) is 5.75 Å². The topological polar surface area (TPSA) is 20.2 Å². The van der Waals surface area contributed by atoms with Crippen LogP contribution in [0.15, 0.2) is 18.2 Å². The van der Waals surface area contributed by atoms with Gasteiger partial charge in [0.15, 0.2) is 0 Å². The standard InChI is InChI=1S/C12H18O/c1-4-6-9(2)11-7-5-8-12(13)10(11)3/h5,7-9,13H,4,6H2,1-3H3. The van der Waals surface area contributed by atoms with Gasteiger partial charge in [0.25, 0.3) is 0 Å². The van der Waals surface area contributed by atoms with Crippen molar-refractivity contribution in [3.05, 3.63) is 29.3 Å². The van der Waals surface area contributed by atoms with Gasteiger partial charge in [0.05, 0.1) is 0 Å². The summed E-state index contributed by atoms with van der Waals surface area (Å²) in [4.78, 5) is 0. The van der Waals surface area contributed by atoms with Crippen LogP contribution in [0, 0.1) is 6.92 Å². The molecule has 1 aromatic carbocycles. The van der Waals surface area contributed by atoms with Crippen molar-refractivity contribution in [1.29, 1.82) is 0 Å². The highest BCUT2D eigenvalue weighted by molar-refractivity contribution is 5.39. The predicted molar refractivity (Wildman–Crippen MR) is 56.2 cm³/mol. The molecule has 1 unspecified atom stereocenters. The number of phenolic OH excluding ortho intramolecular Hbond substituents is 1. The van der Waals surface area contributed by atoms with Gasteiger partial charge in [-0.15, -0.1) is 0 Å². The molecule has 0 bridgehead atoms. The second-order valence-electron chi connectivity index (χ2n) is 3.68. The van der Waals surface area contributed by atoms with Crippen LogP contribution in [-0.2, 0) is 0 Å². The van der Waals surface area contributed by atoms with Gasteiger partial charge in [-0.1, -0.05) is 32.4 Å². The molecule has 1 atom stereocenters. The Morgan fingerprint density at radius 2 is 2.08 bits per heavy atom. The number of rotatable bonds is 3. The van der Waals surface area contributed by atoms with E-state index in [1.165, 1.54) is 18.4 Å². The molecule has 0 aromatic heterocycles. The summed E-state index contributed by atoms with van der Waals surface area (Å²) in [6.07, 6.45) is 2.38. The summed E-state index contributed by atoms with van der Waals surface area (Å²) in [6, 6.07) is 5.77. The van der Waals surface area contributed by atoms with E-state index in [1.807, 2.05) is 13.0 Å². The lowest BCUT2D eigenvalue weighted by molar-refractivity contribution is 0.468. The minimum Gasteiger partial charge on any atom is -0.508 e. The molecule has 1 rings (SSSR count). The summed E-state index contributed by atoms with van der Waals surface area (Å²) in [6.45, 7) is 6.39. The van der Waals surface area contributed by atoms with Gasteiger partial charge in [-0.25, -0.2) is 0 Å². The summed E-state index contributed by atoms with van der Waals surface area (Å²) < 4.78 is 0. The maximum Gasteiger partial charge on any atom is 0.118 e. The summed E-state index contributed by atoms with van der Waals surface area (Å²) in [7, 11) is 0. The Balaban J connectivity index is 2.93. The molecule has 1 aromatic rings. The summed E-state index contributed by atoms with van der Waals surface area (Å²) in [5, 5.41) is 9.52. The predicted octanol–water partition coefficient (Wildman–Crippen LogP) is 3.60. The Bertz CT molecular complexity index is 278. The smallest absolute Gasteiger partial charge is 0.118 e. The van der Waals surface area contributed by atoms with Gasteiger partial charge >= 0.3 is 0 Å². The van der Waals surface area contributed by atoms with Crippen LogP contribution >= 0.6 is 0 Å². The van der Waals surface area contributed by atoms with Gasteiger partial charge < -0.3 is 5.11 Å². The molecule has 0 aliphatic heterocycles. The van der Waals surface area contributed by atoms with Crippen LogP contribution in [0.2, 0.25) is 0 Å². The zero-order chi connectivity index (χ0) is 9.84. The fraction of sp³-hybridized carbons (Fsp3) is 0.500. The minimum absolute atomic E-state index is 0.417. The lowest BCUT2D eigenvalue weighted by atomic mass is 9.92. The minimum atomic E-state index is 0.417. The fourth-order valence-electron chi connectivity index (χ4n) is 1.76. The van der Waals surface area contributed by atoms with Gasteiger partial charge in [0.2, 0.25) is 0 Å². The third-order valence-corrected chi connectivity index (χ3v) is 2.60. The van der Waals surface area contributed by atoms with Gasteiger partial charge in [0.1, 0.15) is 5.75 Å². The van der Waals surface area contributed by atoms with Crippen LogP contribution < -0.4 is 0 Å². The highest BCUT2D eigenvalue weighted by Crippen LogP contribution is 2.28. The monoisotopic (exact) mass is 178 g/mol. The molecule has 0 saturated heterocycles. The van der Waals surface area contributed by atoms with E-state index in [0.29, 0.717) is 11.7 Å². The first-order chi connectivity index (χ1) is 6.16. The maximum absolute atomic E-state index is 9.52. The lowest BCUT2D eigenvalue weighted by Gasteiger charge is -2.14. The molecule has 72 valence electrons. The number of hydrogen-bond acceptors (Lipinski definition) is 1. The largest absolute Gasteiger partial charge is 0.508 e. The summed E-state index contributed by atoms with van der Waals surface area (Å²) in [5.41, 5.74) is 2.31. The molecule has 0 aliphatic rings. The first-order valence-corrected chi connectivity index (χ1v) is 4.95. The average Bonchev–Trinajstić information content (AvgIpc) is 2.10. The lowest BCUT2D eigenvalue weighted by Crippen LogP contribution is -1.95. The SMILES string of the molecule is CCCC(C)c1cccc(O)c1C. The Labute approximate surface area is 80.4 Å². The molecular weight excluding hydrogens is 160 g/mol. The van der Waals surface area contributed by atoms with Crippen molar-refractivity contribution < 1.29 is 5.11 Å². The van der Waals surface area contributed by atoms with Crippen LogP contribution in [0.1, 0.15) is 43.7 Å². The normalized spacial score (nSPS) is 12.8. The zero-order valence-corrected chi connectivity index (χ0v) is 8.67. The Morgan fingerprint density at radius 1 is 1.38 bits per heavy atom. The van der Waals surface area contributed by atoms with Crippen LogP contribution in [-0.4, -0.2) is 5.11 Å². The Hall–Kier alpha value is -0.980. The van der Waals surface area contributed by atoms with E-state index in [0.717, 1.165) is 5.56 Å². The molecule has 0 saturated carbocycles. The number of benzene rings is 1. The number of phenols is 1. The summed E-state index contributed by atoms with van der Waals surface area (Å²) >= 11 is 0. The first-order valence-electron chi connectivity index (χ1n) is 4.95. The van der Waals surface area contributed by atoms with Gasteiger partial charge in [-0.2, -0.15) is 0 Å². The van der Waals surface area contributed by atoms with Crippen LogP contribution in [0.3, 0.4) is 0 Å². The van der Waals surface area contributed by atoms with Crippen molar-refractivity contribution in [2.75, 3.05) is 0 Å². The van der Waals surface area contributed by atoms with Crippen molar-refractivity contribution in [2.24, 2.45) is 0 Å². The number of aromatic hydroxyl groups is 1. The molecule has 0 amide bonds. The summed E-state index contributed by atoms with van der Waals surface area (Å²) in [5.74, 6) is 0.970. The van der Waals surface area contributed by atoms with E-state index < -0.39 is 0 Å². The zero-order valence-electron chi connectivity index (χ0n) is 8.67. The Morgan fingerprint density at radius 3 is 2.69 bits per heavy atom. The molecule has 1 nitrogen and oxygen atoms in total. The highest BCUT2D eigenvalue weighted by atomic mass is 16.3. The van der Waals surface area contributed by atoms with Crippen molar-refractivity contribution in [1.82, 2.24) is 0 Å². The molecule has 0 aliphatic carbocycles. The molecule has 13 heavy (non-hydrogen) atoms. The Kier molecular flexibility index (Phi) is 3.35. The van der Waals surface area contributed by atoms with Crippen molar-refractivity contribution in [3.63, 3.8) is 0 Å². The maximum atomic E-state index is 9.52. The van der Waals surface area contributed by atoms with Crippen molar-refractivity contribution in [3.8, 4) is 5.75 Å². The van der Waals surface area contributed by atoms with Crippen LogP contribution in [0.4, 0.5) is 0 Å². The van der Waals surface area contributed by atoms with E-state index in [9.17, 15) is 5.11 Å². The van der Waals surface area contributed by atoms with E-state index in [2.05, 4.69) is 19.9 Å². The van der Waals surface area contributed by atoms with Gasteiger partial charge in [-0.05, 0) is 36.5 Å². The molecule has 1 heteroatoms.